The normalized spacial score (nSPS) is 11.5. The average molecular weight is 363 g/mol. The molecule has 112 valence electrons. The Bertz CT molecular complexity index is 668. The first kappa shape index (κ1) is 15.6. The summed E-state index contributed by atoms with van der Waals surface area (Å²) in [6.45, 7) is -0.269. The predicted molar refractivity (Wildman–Crippen MR) is 72.3 cm³/mol. The van der Waals surface area contributed by atoms with Crippen LogP contribution < -0.4 is 4.74 Å². The summed E-state index contributed by atoms with van der Waals surface area (Å²) in [5, 5.41) is 3.34. The average Bonchev–Trinajstić information content (AvgIpc) is 2.87. The molecule has 0 radical (unpaired) electrons. The second kappa shape index (κ2) is 5.88. The van der Waals surface area contributed by atoms with Crippen LogP contribution in [0.15, 0.2) is 34.9 Å². The minimum Gasteiger partial charge on any atom is -0.496 e. The maximum absolute atomic E-state index is 12.4. The van der Waals surface area contributed by atoms with Gasteiger partial charge in [-0.1, -0.05) is 0 Å². The molecular formula is C13H10BrF3N2O2. The topological polar surface area (TPSA) is 44.1 Å². The molecule has 0 unspecified atom stereocenters. The number of ketones is 1. The third-order valence-electron chi connectivity index (χ3n) is 2.71. The number of carbonyl (C=O) groups is 1. The molecule has 2 rings (SSSR count). The van der Waals surface area contributed by atoms with Gasteiger partial charge >= 0.3 is 6.18 Å². The maximum Gasteiger partial charge on any atom is 0.435 e. The molecule has 0 N–H and O–H groups in total. The molecule has 0 saturated heterocycles. The Morgan fingerprint density at radius 3 is 2.62 bits per heavy atom. The third-order valence-corrected chi connectivity index (χ3v) is 3.33. The molecule has 0 saturated carbocycles. The number of halogens is 4. The van der Waals surface area contributed by atoms with Crippen LogP contribution in [-0.2, 0) is 12.7 Å². The lowest BCUT2D eigenvalue weighted by atomic mass is 10.1. The number of benzene rings is 1. The van der Waals surface area contributed by atoms with E-state index in [0.29, 0.717) is 15.8 Å². The molecule has 0 aliphatic carbocycles. The summed E-state index contributed by atoms with van der Waals surface area (Å²) in [7, 11) is 1.49. The van der Waals surface area contributed by atoms with Gasteiger partial charge < -0.3 is 4.74 Å². The van der Waals surface area contributed by atoms with E-state index in [-0.39, 0.29) is 12.3 Å². The first-order valence-electron chi connectivity index (χ1n) is 5.78. The van der Waals surface area contributed by atoms with Crippen LogP contribution in [-0.4, -0.2) is 22.7 Å². The smallest absolute Gasteiger partial charge is 0.435 e. The van der Waals surface area contributed by atoms with E-state index < -0.39 is 11.9 Å². The van der Waals surface area contributed by atoms with Gasteiger partial charge in [0.25, 0.3) is 0 Å². The van der Waals surface area contributed by atoms with Gasteiger partial charge in [-0.3, -0.25) is 9.48 Å². The van der Waals surface area contributed by atoms with Crippen molar-refractivity contribution in [3.63, 3.8) is 0 Å². The van der Waals surface area contributed by atoms with Gasteiger partial charge in [0.1, 0.15) is 12.3 Å². The van der Waals surface area contributed by atoms with E-state index in [4.69, 9.17) is 4.74 Å². The van der Waals surface area contributed by atoms with Gasteiger partial charge in [-0.05, 0) is 40.2 Å². The summed E-state index contributed by atoms with van der Waals surface area (Å²) in [5.41, 5.74) is -0.669. The summed E-state index contributed by atoms with van der Waals surface area (Å²) in [4.78, 5) is 12.0. The number of alkyl halides is 3. The minimum atomic E-state index is -4.52. The molecule has 4 nitrogen and oxygen atoms in total. The number of methoxy groups -OCH3 is 1. The van der Waals surface area contributed by atoms with E-state index in [0.717, 1.165) is 16.9 Å². The van der Waals surface area contributed by atoms with E-state index in [1.165, 1.54) is 7.11 Å². The zero-order valence-corrected chi connectivity index (χ0v) is 12.4. The van der Waals surface area contributed by atoms with Crippen molar-refractivity contribution in [2.24, 2.45) is 0 Å². The van der Waals surface area contributed by atoms with Crippen LogP contribution in [0.25, 0.3) is 0 Å². The number of carbonyl (C=O) groups excluding carboxylic acids is 1. The highest BCUT2D eigenvalue weighted by atomic mass is 79.9. The van der Waals surface area contributed by atoms with Gasteiger partial charge in [-0.25, -0.2) is 0 Å². The van der Waals surface area contributed by atoms with Crippen molar-refractivity contribution in [3.05, 3.63) is 46.2 Å². The zero-order chi connectivity index (χ0) is 15.6. The van der Waals surface area contributed by atoms with Crippen molar-refractivity contribution in [3.8, 4) is 5.75 Å². The van der Waals surface area contributed by atoms with E-state index in [9.17, 15) is 18.0 Å². The molecule has 2 aromatic rings. The summed E-state index contributed by atoms with van der Waals surface area (Å²) < 4.78 is 43.8. The second-order valence-electron chi connectivity index (χ2n) is 4.17. The van der Waals surface area contributed by atoms with Gasteiger partial charge in [-0.2, -0.15) is 18.3 Å². The molecule has 21 heavy (non-hydrogen) atoms. The monoisotopic (exact) mass is 362 g/mol. The lowest BCUT2D eigenvalue weighted by Crippen LogP contribution is -2.13. The van der Waals surface area contributed by atoms with Gasteiger partial charge in [0.15, 0.2) is 11.5 Å². The highest BCUT2D eigenvalue weighted by molar-refractivity contribution is 9.10. The largest absolute Gasteiger partial charge is 0.496 e. The Kier molecular flexibility index (Phi) is 4.36. The SMILES string of the molecule is COc1ccc(C(=O)Cn2ccc(C(F)(F)F)n2)cc1Br. The molecule has 1 heterocycles. The lowest BCUT2D eigenvalue weighted by molar-refractivity contribution is -0.141. The van der Waals surface area contributed by atoms with Gasteiger partial charge in [-0.15, -0.1) is 0 Å². The highest BCUT2D eigenvalue weighted by Crippen LogP contribution is 2.28. The van der Waals surface area contributed by atoms with Gasteiger partial charge in [0.05, 0.1) is 11.6 Å². The van der Waals surface area contributed by atoms with Crippen molar-refractivity contribution >= 4 is 21.7 Å². The van der Waals surface area contributed by atoms with Crippen molar-refractivity contribution in [1.82, 2.24) is 9.78 Å². The van der Waals surface area contributed by atoms with Crippen LogP contribution in [0.3, 0.4) is 0 Å². The highest BCUT2D eigenvalue weighted by Gasteiger charge is 2.33. The van der Waals surface area contributed by atoms with Crippen LogP contribution in [0, 0.1) is 0 Å². The molecule has 0 aliphatic rings. The molecule has 0 aliphatic heterocycles. The number of nitrogens with zero attached hydrogens (tertiary/aromatic N) is 2. The first-order chi connectivity index (χ1) is 9.81. The summed E-state index contributed by atoms with van der Waals surface area (Å²) in [5.74, 6) is 0.208. The number of hydrogen-bond donors (Lipinski definition) is 0. The fourth-order valence-electron chi connectivity index (χ4n) is 1.68. The Hall–Kier alpha value is -1.83. The van der Waals surface area contributed by atoms with E-state index in [1.54, 1.807) is 18.2 Å². The Balaban J connectivity index is 2.14. The quantitative estimate of drug-likeness (QED) is 0.781. The lowest BCUT2D eigenvalue weighted by Gasteiger charge is -2.06. The third kappa shape index (κ3) is 3.63. The molecule has 1 aromatic carbocycles. The fraction of sp³-hybridized carbons (Fsp3) is 0.231. The summed E-state index contributed by atoms with van der Waals surface area (Å²) in [6, 6.07) is 5.52. The second-order valence-corrected chi connectivity index (χ2v) is 5.02. The fourth-order valence-corrected chi connectivity index (χ4v) is 2.22. The predicted octanol–water partition coefficient (Wildman–Crippen LogP) is 3.56. The molecule has 8 heteroatoms. The van der Waals surface area contributed by atoms with Crippen molar-refractivity contribution in [2.75, 3.05) is 7.11 Å². The standard InChI is InChI=1S/C13H10BrF3N2O2/c1-21-11-3-2-8(6-9(11)14)10(20)7-19-5-4-12(18-19)13(15,16)17/h2-6H,7H2,1H3. The van der Waals surface area contributed by atoms with Crippen molar-refractivity contribution in [2.45, 2.75) is 12.7 Å². The minimum absolute atomic E-state index is 0.269. The van der Waals surface area contributed by atoms with E-state index in [2.05, 4.69) is 21.0 Å². The first-order valence-corrected chi connectivity index (χ1v) is 6.58. The van der Waals surface area contributed by atoms with Crippen LogP contribution >= 0.6 is 15.9 Å². The Morgan fingerprint density at radius 1 is 1.38 bits per heavy atom. The number of Topliss-reactive ketones (excluding diaryl/α,β-unsaturated/α-hetero) is 1. The Morgan fingerprint density at radius 2 is 2.10 bits per heavy atom. The van der Waals surface area contributed by atoms with Crippen LogP contribution in [0.5, 0.6) is 5.75 Å². The van der Waals surface area contributed by atoms with Crippen LogP contribution in [0.4, 0.5) is 13.2 Å². The molecule has 0 bridgehead atoms. The zero-order valence-electron chi connectivity index (χ0n) is 10.8. The Labute approximate surface area is 126 Å². The van der Waals surface area contributed by atoms with E-state index >= 15 is 0 Å². The number of ether oxygens (including phenoxy) is 1. The molecule has 0 fully saturated rings. The van der Waals surface area contributed by atoms with Crippen molar-refractivity contribution in [1.29, 1.82) is 0 Å². The summed E-state index contributed by atoms with van der Waals surface area (Å²) in [6.07, 6.45) is -3.39. The van der Waals surface area contributed by atoms with E-state index in [1.807, 2.05) is 0 Å². The maximum atomic E-state index is 12.4. The number of hydrogen-bond acceptors (Lipinski definition) is 3. The number of rotatable bonds is 4. The molecule has 1 aromatic heterocycles. The van der Waals surface area contributed by atoms with Gasteiger partial charge in [0.2, 0.25) is 0 Å². The number of aromatic nitrogens is 2. The van der Waals surface area contributed by atoms with Gasteiger partial charge in [0, 0.05) is 11.8 Å². The molecule has 0 atom stereocenters. The van der Waals surface area contributed by atoms with Crippen LogP contribution in [0.1, 0.15) is 16.1 Å². The molecular weight excluding hydrogens is 353 g/mol. The van der Waals surface area contributed by atoms with Crippen LogP contribution in [0.2, 0.25) is 0 Å². The summed E-state index contributed by atoms with van der Waals surface area (Å²) >= 11 is 3.24. The molecule has 0 spiro atoms. The van der Waals surface area contributed by atoms with Crippen molar-refractivity contribution < 1.29 is 22.7 Å². The molecule has 0 amide bonds.